The van der Waals surface area contributed by atoms with Gasteiger partial charge in [-0.25, -0.2) is 5.32 Å². The zero-order valence-corrected chi connectivity index (χ0v) is 5.34. The molecule has 1 radical (unpaired) electrons. The number of fused-ring (bicyclic) bond motifs is 2. The Kier molecular flexibility index (Phi) is 1.41. The lowest BCUT2D eigenvalue weighted by molar-refractivity contribution is 0.0301. The topological polar surface area (TPSA) is 35.4 Å². The van der Waals surface area contributed by atoms with Gasteiger partial charge in [0.2, 0.25) is 0 Å². The number of morpholine rings is 1. The molecule has 2 atom stereocenters. The summed E-state index contributed by atoms with van der Waals surface area (Å²) in [5.74, 6) is 0. The highest BCUT2D eigenvalue weighted by Gasteiger charge is 2.25. The van der Waals surface area contributed by atoms with Crippen molar-refractivity contribution in [1.82, 2.24) is 10.6 Å². The molecule has 2 bridgehead atoms. The third-order valence-corrected chi connectivity index (χ3v) is 1.81. The van der Waals surface area contributed by atoms with Gasteiger partial charge in [0.05, 0.1) is 13.2 Å². The summed E-state index contributed by atoms with van der Waals surface area (Å²) in [4.78, 5) is 0. The molecule has 2 aliphatic heterocycles. The molecule has 0 spiro atoms. The second-order valence-electron chi connectivity index (χ2n) is 2.69. The smallest absolute Gasteiger partial charge is 0.0633 e. The van der Waals surface area contributed by atoms with E-state index in [9.17, 15) is 0 Å². The maximum absolute atomic E-state index is 5.31. The summed E-state index contributed by atoms with van der Waals surface area (Å²) in [5.41, 5.74) is 0. The average Bonchev–Trinajstić information content (AvgIpc) is 1.88. The summed E-state index contributed by atoms with van der Waals surface area (Å²) in [6.07, 6.45) is 0. The zero-order chi connectivity index (χ0) is 6.10. The number of hydrogen-bond donors (Lipinski definition) is 1. The summed E-state index contributed by atoms with van der Waals surface area (Å²) in [7, 11) is 0. The second-order valence-corrected chi connectivity index (χ2v) is 2.69. The predicted molar refractivity (Wildman–Crippen MR) is 33.4 cm³/mol. The second kappa shape index (κ2) is 2.25. The van der Waals surface area contributed by atoms with Crippen molar-refractivity contribution in [3.8, 4) is 0 Å². The van der Waals surface area contributed by atoms with Crippen LogP contribution < -0.4 is 10.6 Å². The minimum atomic E-state index is 0.512. The van der Waals surface area contributed by atoms with E-state index in [2.05, 4.69) is 10.6 Å². The molecule has 0 aliphatic carbocycles. The SMILES string of the molecule is C1[N]CC2COCC1N2. The molecule has 2 saturated heterocycles. The van der Waals surface area contributed by atoms with E-state index in [-0.39, 0.29) is 0 Å². The number of nitrogens with one attached hydrogen (secondary N) is 1. The molecular weight excluding hydrogens is 116 g/mol. The van der Waals surface area contributed by atoms with Crippen LogP contribution in [0.4, 0.5) is 0 Å². The molecule has 2 fully saturated rings. The quantitative estimate of drug-likeness (QED) is 0.451. The molecule has 0 saturated carbocycles. The van der Waals surface area contributed by atoms with Gasteiger partial charge in [-0.05, 0) is 0 Å². The molecule has 0 aromatic carbocycles. The molecule has 3 heteroatoms. The Balaban J connectivity index is 1.96. The minimum Gasteiger partial charge on any atom is -0.378 e. The summed E-state index contributed by atoms with van der Waals surface area (Å²) in [6, 6.07) is 1.02. The molecule has 1 N–H and O–H groups in total. The van der Waals surface area contributed by atoms with Crippen molar-refractivity contribution in [3.63, 3.8) is 0 Å². The Labute approximate surface area is 54.8 Å². The maximum Gasteiger partial charge on any atom is 0.0633 e. The van der Waals surface area contributed by atoms with Crippen LogP contribution in [0, 0.1) is 0 Å². The minimum absolute atomic E-state index is 0.512. The summed E-state index contributed by atoms with van der Waals surface area (Å²) in [6.45, 7) is 3.58. The Bertz CT molecular complexity index is 87.2. The molecular formula is C6H11N2O. The zero-order valence-electron chi connectivity index (χ0n) is 5.34. The van der Waals surface area contributed by atoms with Crippen LogP contribution in [0.1, 0.15) is 0 Å². The molecule has 2 heterocycles. The summed E-state index contributed by atoms with van der Waals surface area (Å²) < 4.78 is 5.31. The molecule has 51 valence electrons. The maximum atomic E-state index is 5.31. The monoisotopic (exact) mass is 127 g/mol. The van der Waals surface area contributed by atoms with E-state index in [4.69, 9.17) is 4.74 Å². The Morgan fingerprint density at radius 2 is 1.89 bits per heavy atom. The number of rotatable bonds is 0. The average molecular weight is 127 g/mol. The third-order valence-electron chi connectivity index (χ3n) is 1.81. The van der Waals surface area contributed by atoms with E-state index < -0.39 is 0 Å². The van der Waals surface area contributed by atoms with Gasteiger partial charge in [0.15, 0.2) is 0 Å². The standard InChI is InChI=1S/C6H11N2O/c1-5-3-9-4-6(8-5)2-7-1/h5-6,8H,1-4H2. The first-order valence-corrected chi connectivity index (χ1v) is 3.42. The first kappa shape index (κ1) is 5.65. The van der Waals surface area contributed by atoms with Crippen molar-refractivity contribution in [3.05, 3.63) is 0 Å². The van der Waals surface area contributed by atoms with Crippen molar-refractivity contribution in [2.24, 2.45) is 0 Å². The highest BCUT2D eigenvalue weighted by atomic mass is 16.5. The van der Waals surface area contributed by atoms with Gasteiger partial charge in [-0.2, -0.15) is 0 Å². The third kappa shape index (κ3) is 1.08. The van der Waals surface area contributed by atoms with Crippen LogP contribution in [0.5, 0.6) is 0 Å². The number of nitrogens with zero attached hydrogens (tertiary/aromatic N) is 1. The largest absolute Gasteiger partial charge is 0.378 e. The van der Waals surface area contributed by atoms with Crippen LogP contribution in [-0.4, -0.2) is 38.4 Å². The van der Waals surface area contributed by atoms with Gasteiger partial charge < -0.3 is 10.1 Å². The lowest BCUT2D eigenvalue weighted by Crippen LogP contribution is -2.59. The van der Waals surface area contributed by atoms with Crippen LogP contribution in [0.2, 0.25) is 0 Å². The molecule has 9 heavy (non-hydrogen) atoms. The Morgan fingerprint density at radius 1 is 1.22 bits per heavy atom. The van der Waals surface area contributed by atoms with Crippen molar-refractivity contribution in [2.75, 3.05) is 26.3 Å². The van der Waals surface area contributed by atoms with Crippen LogP contribution >= 0.6 is 0 Å². The first-order valence-electron chi connectivity index (χ1n) is 3.42. The van der Waals surface area contributed by atoms with E-state index in [1.807, 2.05) is 0 Å². The van der Waals surface area contributed by atoms with Crippen LogP contribution in [0.15, 0.2) is 0 Å². The van der Waals surface area contributed by atoms with Gasteiger partial charge in [-0.1, -0.05) is 0 Å². The van der Waals surface area contributed by atoms with Gasteiger partial charge in [0.25, 0.3) is 0 Å². The van der Waals surface area contributed by atoms with E-state index in [1.165, 1.54) is 0 Å². The highest BCUT2D eigenvalue weighted by molar-refractivity contribution is 4.86. The van der Waals surface area contributed by atoms with Crippen LogP contribution in [0.3, 0.4) is 0 Å². The first-order chi connectivity index (χ1) is 4.45. The summed E-state index contributed by atoms with van der Waals surface area (Å²) in [5, 5.41) is 7.75. The van der Waals surface area contributed by atoms with E-state index >= 15 is 0 Å². The molecule has 2 rings (SSSR count). The van der Waals surface area contributed by atoms with E-state index in [0.29, 0.717) is 12.1 Å². The molecule has 2 aliphatic rings. The van der Waals surface area contributed by atoms with Crippen molar-refractivity contribution in [2.45, 2.75) is 12.1 Å². The molecule has 0 aromatic rings. The van der Waals surface area contributed by atoms with Gasteiger partial charge in [-0.3, -0.25) is 0 Å². The van der Waals surface area contributed by atoms with Crippen molar-refractivity contribution in [1.29, 1.82) is 0 Å². The Hall–Kier alpha value is -0.120. The van der Waals surface area contributed by atoms with Gasteiger partial charge >= 0.3 is 0 Å². The van der Waals surface area contributed by atoms with Crippen molar-refractivity contribution < 1.29 is 4.74 Å². The fourth-order valence-electron chi connectivity index (χ4n) is 1.38. The summed E-state index contributed by atoms with van der Waals surface area (Å²) >= 11 is 0. The van der Waals surface area contributed by atoms with Crippen molar-refractivity contribution >= 4 is 0 Å². The number of hydrogen-bond acceptors (Lipinski definition) is 2. The normalized spacial score (nSPS) is 42.7. The molecule has 0 aromatic heterocycles. The highest BCUT2D eigenvalue weighted by Crippen LogP contribution is 2.03. The fraction of sp³-hybridized carbons (Fsp3) is 1.00. The molecule has 2 unspecified atom stereocenters. The van der Waals surface area contributed by atoms with E-state index in [1.54, 1.807) is 0 Å². The van der Waals surface area contributed by atoms with Gasteiger partial charge in [-0.15, -0.1) is 0 Å². The molecule has 0 amide bonds. The number of ether oxygens (including phenoxy) is 1. The Morgan fingerprint density at radius 3 is 2.44 bits per heavy atom. The van der Waals surface area contributed by atoms with Gasteiger partial charge in [0.1, 0.15) is 0 Å². The van der Waals surface area contributed by atoms with Crippen LogP contribution in [0.25, 0.3) is 0 Å². The molecule has 3 nitrogen and oxygen atoms in total. The fourth-order valence-corrected chi connectivity index (χ4v) is 1.38. The number of piperazine rings is 1. The lowest BCUT2D eigenvalue weighted by atomic mass is 10.1. The van der Waals surface area contributed by atoms with Gasteiger partial charge in [0, 0.05) is 25.2 Å². The van der Waals surface area contributed by atoms with Crippen LogP contribution in [-0.2, 0) is 4.74 Å². The predicted octanol–water partition coefficient (Wildman–Crippen LogP) is -1.04. The lowest BCUT2D eigenvalue weighted by Gasteiger charge is -2.35. The van der Waals surface area contributed by atoms with E-state index in [0.717, 1.165) is 26.3 Å².